The number of carbonyl (C=O) groups excluding carboxylic acids is 1. The summed E-state index contributed by atoms with van der Waals surface area (Å²) in [5, 5.41) is 17.8. The highest BCUT2D eigenvalue weighted by atomic mass is 16.5. The minimum atomic E-state index is -0.0862. The molecule has 4 heteroatoms. The van der Waals surface area contributed by atoms with E-state index in [0.29, 0.717) is 22.4 Å². The number of methoxy groups -OCH3 is 1. The molecule has 0 atom stereocenters. The lowest BCUT2D eigenvalue weighted by atomic mass is 10.0. The molecule has 1 aliphatic carbocycles. The number of hydrogen-bond acceptors (Lipinski definition) is 4. The van der Waals surface area contributed by atoms with Crippen molar-refractivity contribution >= 4 is 11.4 Å². The molecule has 0 unspecified atom stereocenters. The van der Waals surface area contributed by atoms with E-state index in [2.05, 4.69) is 0 Å². The lowest BCUT2D eigenvalue weighted by molar-refractivity contribution is 0.100. The molecule has 0 radical (unpaired) electrons. The van der Waals surface area contributed by atoms with E-state index < -0.39 is 0 Å². The van der Waals surface area contributed by atoms with Crippen molar-refractivity contribution in [3.63, 3.8) is 0 Å². The smallest absolute Gasteiger partial charge is 0.168 e. The Hall–Kier alpha value is -2.59. The summed E-state index contributed by atoms with van der Waals surface area (Å²) in [7, 11) is 1.49. The maximum absolute atomic E-state index is 11.8. The summed E-state index contributed by atoms with van der Waals surface area (Å²) in [6.07, 6.45) is 0.0894. The Morgan fingerprint density at radius 2 is 2.06 bits per heavy atom. The van der Waals surface area contributed by atoms with Crippen molar-refractivity contribution < 1.29 is 9.53 Å². The zero-order valence-electron chi connectivity index (χ0n) is 9.15. The topological polar surface area (TPSA) is 73.9 Å². The van der Waals surface area contributed by atoms with E-state index in [1.807, 2.05) is 12.1 Å². The molecule has 0 bridgehead atoms. The van der Waals surface area contributed by atoms with Crippen LogP contribution in [0.1, 0.15) is 22.3 Å². The second-order valence-electron chi connectivity index (χ2n) is 3.56. The van der Waals surface area contributed by atoms with Crippen molar-refractivity contribution in [3.05, 3.63) is 34.9 Å². The first-order valence-corrected chi connectivity index (χ1v) is 4.96. The number of ether oxygens (including phenoxy) is 1. The standard InChI is InChI=1S/C13H8N2O2/c1-17-12-4-2-3-9-11(16)5-10(13(9)12)8(6-14)7-15/h2-4H,5H2,1H3. The van der Waals surface area contributed by atoms with Crippen LogP contribution in [0.2, 0.25) is 0 Å². The predicted molar refractivity (Wildman–Crippen MR) is 60.1 cm³/mol. The van der Waals surface area contributed by atoms with Crippen molar-refractivity contribution in [2.24, 2.45) is 0 Å². The summed E-state index contributed by atoms with van der Waals surface area (Å²) in [5.74, 6) is 0.434. The number of hydrogen-bond donors (Lipinski definition) is 0. The van der Waals surface area contributed by atoms with Crippen LogP contribution in [0.5, 0.6) is 5.75 Å². The van der Waals surface area contributed by atoms with Crippen LogP contribution in [-0.2, 0) is 0 Å². The number of fused-ring (bicyclic) bond motifs is 1. The highest BCUT2D eigenvalue weighted by Crippen LogP contribution is 2.40. The van der Waals surface area contributed by atoms with Crippen molar-refractivity contribution in [1.82, 2.24) is 0 Å². The van der Waals surface area contributed by atoms with Gasteiger partial charge in [-0.05, 0) is 11.6 Å². The van der Waals surface area contributed by atoms with Gasteiger partial charge in [-0.3, -0.25) is 4.79 Å². The average Bonchev–Trinajstić information content (AvgIpc) is 2.69. The molecule has 0 spiro atoms. The Bertz CT molecular complexity index is 599. The third-order valence-electron chi connectivity index (χ3n) is 2.71. The fourth-order valence-electron chi connectivity index (χ4n) is 1.96. The fourth-order valence-corrected chi connectivity index (χ4v) is 1.96. The van der Waals surface area contributed by atoms with Gasteiger partial charge in [0.2, 0.25) is 0 Å². The molecule has 0 aromatic heterocycles. The molecule has 0 amide bonds. The van der Waals surface area contributed by atoms with E-state index in [1.165, 1.54) is 7.11 Å². The summed E-state index contributed by atoms with van der Waals surface area (Å²) in [4.78, 5) is 11.8. The molecule has 0 saturated heterocycles. The second kappa shape index (κ2) is 4.11. The fraction of sp³-hybridized carbons (Fsp3) is 0.154. The molecule has 1 aromatic carbocycles. The molecular weight excluding hydrogens is 216 g/mol. The van der Waals surface area contributed by atoms with Gasteiger partial charge >= 0.3 is 0 Å². The summed E-state index contributed by atoms with van der Waals surface area (Å²) in [6, 6.07) is 8.75. The Balaban J connectivity index is 2.78. The molecule has 0 aliphatic heterocycles. The molecular formula is C13H8N2O2. The van der Waals surface area contributed by atoms with E-state index >= 15 is 0 Å². The Morgan fingerprint density at radius 3 is 2.65 bits per heavy atom. The predicted octanol–water partition coefficient (Wildman–Crippen LogP) is 2.08. The Kier molecular flexibility index (Phi) is 2.64. The van der Waals surface area contributed by atoms with E-state index in [-0.39, 0.29) is 17.8 Å². The van der Waals surface area contributed by atoms with E-state index in [9.17, 15) is 4.79 Å². The lowest BCUT2D eigenvalue weighted by Gasteiger charge is -2.07. The van der Waals surface area contributed by atoms with Crippen LogP contribution in [0.25, 0.3) is 5.57 Å². The number of allylic oxidation sites excluding steroid dienone is 2. The van der Waals surface area contributed by atoms with Crippen LogP contribution < -0.4 is 4.74 Å². The van der Waals surface area contributed by atoms with Gasteiger partial charge in [-0.2, -0.15) is 10.5 Å². The van der Waals surface area contributed by atoms with Crippen LogP contribution in [0.4, 0.5) is 0 Å². The molecule has 82 valence electrons. The monoisotopic (exact) mass is 224 g/mol. The van der Waals surface area contributed by atoms with E-state index in [1.54, 1.807) is 18.2 Å². The zero-order chi connectivity index (χ0) is 12.4. The molecule has 0 heterocycles. The molecule has 17 heavy (non-hydrogen) atoms. The highest BCUT2D eigenvalue weighted by Gasteiger charge is 2.29. The minimum absolute atomic E-state index is 0.0263. The van der Waals surface area contributed by atoms with Gasteiger partial charge in [-0.25, -0.2) is 0 Å². The second-order valence-corrected chi connectivity index (χ2v) is 3.56. The molecule has 4 nitrogen and oxygen atoms in total. The largest absolute Gasteiger partial charge is 0.496 e. The quantitative estimate of drug-likeness (QED) is 0.684. The summed E-state index contributed by atoms with van der Waals surface area (Å²) >= 11 is 0. The van der Waals surface area contributed by atoms with Gasteiger partial charge < -0.3 is 4.74 Å². The maximum atomic E-state index is 11.8. The van der Waals surface area contributed by atoms with Gasteiger partial charge in [0.1, 0.15) is 23.5 Å². The maximum Gasteiger partial charge on any atom is 0.168 e. The molecule has 0 N–H and O–H groups in total. The first-order valence-electron chi connectivity index (χ1n) is 4.96. The van der Waals surface area contributed by atoms with Crippen LogP contribution in [0, 0.1) is 22.7 Å². The van der Waals surface area contributed by atoms with Crippen LogP contribution in [-0.4, -0.2) is 12.9 Å². The van der Waals surface area contributed by atoms with Crippen LogP contribution >= 0.6 is 0 Å². The number of Topliss-reactive ketones (excluding diaryl/α,β-unsaturated/α-hetero) is 1. The van der Waals surface area contributed by atoms with Gasteiger partial charge in [-0.1, -0.05) is 12.1 Å². The van der Waals surface area contributed by atoms with Crippen molar-refractivity contribution in [1.29, 1.82) is 10.5 Å². The molecule has 2 rings (SSSR count). The average molecular weight is 224 g/mol. The Morgan fingerprint density at radius 1 is 1.35 bits per heavy atom. The van der Waals surface area contributed by atoms with Gasteiger partial charge in [0.25, 0.3) is 0 Å². The van der Waals surface area contributed by atoms with Crippen molar-refractivity contribution in [3.8, 4) is 17.9 Å². The first kappa shape index (κ1) is 10.9. The number of ketones is 1. The SMILES string of the molecule is COc1cccc2c1C(=C(C#N)C#N)CC2=O. The first-order chi connectivity index (χ1) is 8.22. The summed E-state index contributed by atoms with van der Waals surface area (Å²) in [6.45, 7) is 0. The minimum Gasteiger partial charge on any atom is -0.496 e. The van der Waals surface area contributed by atoms with Gasteiger partial charge in [0.05, 0.1) is 7.11 Å². The zero-order valence-corrected chi connectivity index (χ0v) is 9.15. The number of benzene rings is 1. The van der Waals surface area contributed by atoms with Gasteiger partial charge in [-0.15, -0.1) is 0 Å². The normalized spacial score (nSPS) is 12.6. The van der Waals surface area contributed by atoms with Gasteiger partial charge in [0, 0.05) is 17.5 Å². The number of carbonyl (C=O) groups is 1. The van der Waals surface area contributed by atoms with Crippen molar-refractivity contribution in [2.45, 2.75) is 6.42 Å². The Labute approximate surface area is 98.4 Å². The molecule has 0 fully saturated rings. The molecule has 1 aliphatic rings. The number of nitrogens with zero attached hydrogens (tertiary/aromatic N) is 2. The molecule has 1 aromatic rings. The van der Waals surface area contributed by atoms with Crippen LogP contribution in [0.15, 0.2) is 23.8 Å². The molecule has 0 saturated carbocycles. The summed E-state index contributed by atoms with van der Waals surface area (Å²) < 4.78 is 5.17. The summed E-state index contributed by atoms with van der Waals surface area (Å²) in [5.41, 5.74) is 1.54. The third-order valence-corrected chi connectivity index (χ3v) is 2.71. The van der Waals surface area contributed by atoms with E-state index in [4.69, 9.17) is 15.3 Å². The lowest BCUT2D eigenvalue weighted by Crippen LogP contribution is -1.93. The number of nitriles is 2. The van der Waals surface area contributed by atoms with Crippen molar-refractivity contribution in [2.75, 3.05) is 7.11 Å². The van der Waals surface area contributed by atoms with E-state index in [0.717, 1.165) is 0 Å². The van der Waals surface area contributed by atoms with Crippen LogP contribution in [0.3, 0.4) is 0 Å². The van der Waals surface area contributed by atoms with Gasteiger partial charge in [0.15, 0.2) is 5.78 Å². The highest BCUT2D eigenvalue weighted by molar-refractivity contribution is 6.14. The third kappa shape index (κ3) is 1.56. The number of rotatable bonds is 1.